The first-order valence-corrected chi connectivity index (χ1v) is 8.46. The van der Waals surface area contributed by atoms with Crippen molar-refractivity contribution in [2.75, 3.05) is 10.7 Å². The minimum absolute atomic E-state index is 0.0119. The lowest BCUT2D eigenvalue weighted by atomic mass is 10.3. The van der Waals surface area contributed by atoms with Gasteiger partial charge in [0.15, 0.2) is 0 Å². The van der Waals surface area contributed by atoms with Crippen molar-refractivity contribution < 1.29 is 24.3 Å². The third kappa shape index (κ3) is 4.27. The van der Waals surface area contributed by atoms with Crippen molar-refractivity contribution in [3.8, 4) is 0 Å². The second-order valence-corrected chi connectivity index (χ2v) is 6.84. The van der Waals surface area contributed by atoms with E-state index in [0.717, 1.165) is 16.7 Å². The van der Waals surface area contributed by atoms with E-state index >= 15 is 0 Å². The number of carbonyl (C=O) groups is 4. The van der Waals surface area contributed by atoms with Crippen LogP contribution in [-0.2, 0) is 19.2 Å². The number of imide groups is 1. The molecule has 1 fully saturated rings. The van der Waals surface area contributed by atoms with Gasteiger partial charge in [-0.1, -0.05) is 17.7 Å². The molecular weight excluding hydrogens is 356 g/mol. The van der Waals surface area contributed by atoms with Crippen LogP contribution in [0.4, 0.5) is 5.69 Å². The number of nitrogens with zero attached hydrogens (tertiary/aromatic N) is 1. The fourth-order valence-electron chi connectivity index (χ4n) is 2.25. The van der Waals surface area contributed by atoms with Crippen LogP contribution in [0.15, 0.2) is 24.3 Å². The molecule has 0 bridgehead atoms. The topological polar surface area (TPSA) is 104 Å². The summed E-state index contributed by atoms with van der Waals surface area (Å²) >= 11 is 6.92. The van der Waals surface area contributed by atoms with Crippen molar-refractivity contribution in [3.63, 3.8) is 0 Å². The molecule has 1 aliphatic rings. The lowest BCUT2D eigenvalue weighted by molar-refractivity contribution is -0.140. The standard InChI is InChI=1S/C15H15ClN2O5S/c1-8(19)17-11(15(22)23)7-24-12-6-13(20)18(14(12)21)10-4-2-3-9(16)5-10/h2-5,11-12H,6-7H2,1H3,(H,17,19)(H,22,23)/t11-,12-/m1/s1. The molecule has 0 spiro atoms. The number of thioether (sulfide) groups is 1. The third-order valence-electron chi connectivity index (χ3n) is 3.31. The van der Waals surface area contributed by atoms with Crippen LogP contribution in [0.3, 0.4) is 0 Å². The second kappa shape index (κ2) is 7.67. The highest BCUT2D eigenvalue weighted by Gasteiger charge is 2.40. The van der Waals surface area contributed by atoms with Gasteiger partial charge in [0.1, 0.15) is 6.04 Å². The largest absolute Gasteiger partial charge is 0.480 e. The Labute approximate surface area is 147 Å². The normalized spacial score (nSPS) is 18.6. The summed E-state index contributed by atoms with van der Waals surface area (Å²) in [7, 11) is 0. The number of carboxylic acid groups (broad SMARTS) is 1. The molecule has 128 valence electrons. The smallest absolute Gasteiger partial charge is 0.327 e. The highest BCUT2D eigenvalue weighted by Crippen LogP contribution is 2.31. The van der Waals surface area contributed by atoms with E-state index in [1.807, 2.05) is 0 Å². The van der Waals surface area contributed by atoms with Gasteiger partial charge in [-0.2, -0.15) is 0 Å². The second-order valence-electron chi connectivity index (χ2n) is 5.16. The van der Waals surface area contributed by atoms with Crippen LogP contribution >= 0.6 is 23.4 Å². The molecule has 1 aliphatic heterocycles. The summed E-state index contributed by atoms with van der Waals surface area (Å²) in [6.45, 7) is 1.21. The molecule has 0 radical (unpaired) electrons. The molecule has 2 rings (SSSR count). The first kappa shape index (κ1) is 18.3. The molecule has 0 aliphatic carbocycles. The average molecular weight is 371 g/mol. The Morgan fingerprint density at radius 1 is 1.46 bits per heavy atom. The van der Waals surface area contributed by atoms with Gasteiger partial charge in [0.05, 0.1) is 10.9 Å². The van der Waals surface area contributed by atoms with Gasteiger partial charge in [-0.25, -0.2) is 9.69 Å². The summed E-state index contributed by atoms with van der Waals surface area (Å²) in [6, 6.07) is 5.27. The fraction of sp³-hybridized carbons (Fsp3) is 0.333. The summed E-state index contributed by atoms with van der Waals surface area (Å²) in [5.74, 6) is -2.47. The van der Waals surface area contributed by atoms with Crippen LogP contribution in [0, 0.1) is 0 Å². The first-order chi connectivity index (χ1) is 11.3. The van der Waals surface area contributed by atoms with E-state index in [1.165, 1.54) is 13.0 Å². The Bertz CT molecular complexity index is 696. The molecule has 1 aromatic rings. The number of carbonyl (C=O) groups excluding carboxylic acids is 3. The minimum Gasteiger partial charge on any atom is -0.480 e. The van der Waals surface area contributed by atoms with Crippen molar-refractivity contribution in [2.24, 2.45) is 0 Å². The molecule has 0 saturated carbocycles. The molecule has 9 heteroatoms. The van der Waals surface area contributed by atoms with Crippen LogP contribution < -0.4 is 10.2 Å². The highest BCUT2D eigenvalue weighted by molar-refractivity contribution is 8.00. The molecule has 1 aromatic carbocycles. The zero-order valence-corrected chi connectivity index (χ0v) is 14.3. The van der Waals surface area contributed by atoms with Crippen molar-refractivity contribution >= 4 is 52.7 Å². The van der Waals surface area contributed by atoms with E-state index in [-0.39, 0.29) is 18.1 Å². The van der Waals surface area contributed by atoms with Gasteiger partial charge in [-0.15, -0.1) is 11.8 Å². The molecular formula is C15H15ClN2O5S. The maximum Gasteiger partial charge on any atom is 0.327 e. The van der Waals surface area contributed by atoms with Gasteiger partial charge in [0.25, 0.3) is 0 Å². The van der Waals surface area contributed by atoms with Crippen LogP contribution in [0.5, 0.6) is 0 Å². The van der Waals surface area contributed by atoms with E-state index in [1.54, 1.807) is 18.2 Å². The predicted octanol–water partition coefficient (Wildman–Crippen LogP) is 1.29. The number of halogens is 1. The summed E-state index contributed by atoms with van der Waals surface area (Å²) < 4.78 is 0. The predicted molar refractivity (Wildman–Crippen MR) is 90.0 cm³/mol. The number of carboxylic acids is 1. The third-order valence-corrected chi connectivity index (χ3v) is 4.84. The summed E-state index contributed by atoms with van der Waals surface area (Å²) in [5, 5.41) is 11.1. The Balaban J connectivity index is 2.06. The molecule has 1 saturated heterocycles. The van der Waals surface area contributed by atoms with E-state index in [9.17, 15) is 19.2 Å². The summed E-state index contributed by atoms with van der Waals surface area (Å²) in [5.41, 5.74) is 0.386. The Kier molecular flexibility index (Phi) is 5.84. The lowest BCUT2D eigenvalue weighted by Gasteiger charge is -2.16. The molecule has 0 aromatic heterocycles. The van der Waals surface area contributed by atoms with Crippen molar-refractivity contribution in [2.45, 2.75) is 24.6 Å². The molecule has 2 N–H and O–H groups in total. The van der Waals surface area contributed by atoms with Gasteiger partial charge >= 0.3 is 5.97 Å². The van der Waals surface area contributed by atoms with Gasteiger partial charge in [0.2, 0.25) is 17.7 Å². The van der Waals surface area contributed by atoms with Crippen molar-refractivity contribution in [1.82, 2.24) is 5.32 Å². The van der Waals surface area contributed by atoms with Gasteiger partial charge < -0.3 is 10.4 Å². The van der Waals surface area contributed by atoms with Gasteiger partial charge in [0, 0.05) is 24.1 Å². The van der Waals surface area contributed by atoms with E-state index in [0.29, 0.717) is 10.7 Å². The number of amides is 3. The van der Waals surface area contributed by atoms with Gasteiger partial charge in [-0.3, -0.25) is 14.4 Å². The maximum atomic E-state index is 12.4. The van der Waals surface area contributed by atoms with E-state index < -0.39 is 29.1 Å². The minimum atomic E-state index is -1.19. The number of rotatable bonds is 6. The van der Waals surface area contributed by atoms with Crippen molar-refractivity contribution in [3.05, 3.63) is 29.3 Å². The quantitative estimate of drug-likeness (QED) is 0.731. The molecule has 7 nitrogen and oxygen atoms in total. The average Bonchev–Trinajstić information content (AvgIpc) is 2.77. The molecule has 2 atom stereocenters. The maximum absolute atomic E-state index is 12.4. The Hall–Kier alpha value is -2.06. The number of hydrogen-bond acceptors (Lipinski definition) is 5. The van der Waals surface area contributed by atoms with Crippen LogP contribution in [0.25, 0.3) is 0 Å². The summed E-state index contributed by atoms with van der Waals surface area (Å²) in [4.78, 5) is 47.7. The molecule has 3 amide bonds. The van der Waals surface area contributed by atoms with Crippen molar-refractivity contribution in [1.29, 1.82) is 0 Å². The van der Waals surface area contributed by atoms with Crippen LogP contribution in [0.1, 0.15) is 13.3 Å². The lowest BCUT2D eigenvalue weighted by Crippen LogP contribution is -2.42. The van der Waals surface area contributed by atoms with Gasteiger partial charge in [-0.05, 0) is 18.2 Å². The van der Waals surface area contributed by atoms with E-state index in [4.69, 9.17) is 16.7 Å². The number of aliphatic carboxylic acids is 1. The highest BCUT2D eigenvalue weighted by atomic mass is 35.5. The number of hydrogen-bond donors (Lipinski definition) is 2. The SMILES string of the molecule is CC(=O)N[C@H](CS[C@@H]1CC(=O)N(c2cccc(Cl)c2)C1=O)C(=O)O. The Morgan fingerprint density at radius 2 is 2.17 bits per heavy atom. The number of anilines is 1. The fourth-order valence-corrected chi connectivity index (χ4v) is 3.60. The molecule has 24 heavy (non-hydrogen) atoms. The molecule has 0 unspecified atom stereocenters. The number of nitrogens with one attached hydrogen (secondary N) is 1. The zero-order valence-electron chi connectivity index (χ0n) is 12.7. The van der Waals surface area contributed by atoms with Crippen LogP contribution in [-0.4, -0.2) is 45.8 Å². The van der Waals surface area contributed by atoms with E-state index in [2.05, 4.69) is 5.32 Å². The number of benzene rings is 1. The Morgan fingerprint density at radius 3 is 2.75 bits per heavy atom. The monoisotopic (exact) mass is 370 g/mol. The first-order valence-electron chi connectivity index (χ1n) is 7.03. The molecule has 1 heterocycles. The zero-order chi connectivity index (χ0) is 17.9. The van der Waals surface area contributed by atoms with Crippen LogP contribution in [0.2, 0.25) is 5.02 Å². The summed E-state index contributed by atoms with van der Waals surface area (Å²) in [6.07, 6.45) is -0.0254.